The molecule has 0 aromatic carbocycles. The van der Waals surface area contributed by atoms with Gasteiger partial charge in [0.25, 0.3) is 0 Å². The molecule has 2 aromatic heterocycles. The molecule has 18 heavy (non-hydrogen) atoms. The van der Waals surface area contributed by atoms with Gasteiger partial charge in [0, 0.05) is 6.20 Å². The van der Waals surface area contributed by atoms with Crippen molar-refractivity contribution in [3.05, 3.63) is 24.0 Å². The lowest BCUT2D eigenvalue weighted by Crippen LogP contribution is -2.16. The van der Waals surface area contributed by atoms with Gasteiger partial charge >= 0.3 is 0 Å². The van der Waals surface area contributed by atoms with Gasteiger partial charge in [-0.15, -0.1) is 0 Å². The monoisotopic (exact) mass is 245 g/mol. The molecule has 0 bridgehead atoms. The lowest BCUT2D eigenvalue weighted by atomic mass is 10.4. The van der Waals surface area contributed by atoms with Crippen LogP contribution in [0.25, 0.3) is 11.5 Å². The Hall–Kier alpha value is -1.82. The van der Waals surface area contributed by atoms with Gasteiger partial charge in [-0.2, -0.15) is 4.98 Å². The first-order chi connectivity index (χ1) is 8.81. The van der Waals surface area contributed by atoms with Crippen molar-refractivity contribution in [1.82, 2.24) is 25.4 Å². The summed E-state index contributed by atoms with van der Waals surface area (Å²) in [5.41, 5.74) is 0.694. The van der Waals surface area contributed by atoms with Crippen LogP contribution in [0.15, 0.2) is 16.8 Å². The van der Waals surface area contributed by atoms with Crippen LogP contribution >= 0.6 is 0 Å². The molecule has 0 unspecified atom stereocenters. The van der Waals surface area contributed by atoms with Gasteiger partial charge in [-0.25, -0.2) is 9.97 Å². The molecule has 0 amide bonds. The van der Waals surface area contributed by atoms with Crippen molar-refractivity contribution in [3.63, 3.8) is 0 Å². The molecule has 6 heteroatoms. The standard InChI is InChI=1S/C12H15N5O/c1-8-14-5-4-10(15-8)12-16-11(18-17-12)7-13-6-9-2-3-9/h4-5,9,13H,2-3,6-7H2,1H3. The third-order valence-corrected chi connectivity index (χ3v) is 2.88. The fourth-order valence-corrected chi connectivity index (χ4v) is 1.72. The van der Waals surface area contributed by atoms with Gasteiger partial charge in [-0.05, 0) is 38.3 Å². The van der Waals surface area contributed by atoms with E-state index in [1.165, 1.54) is 12.8 Å². The summed E-state index contributed by atoms with van der Waals surface area (Å²) in [5, 5.41) is 7.24. The van der Waals surface area contributed by atoms with Crippen molar-refractivity contribution in [1.29, 1.82) is 0 Å². The van der Waals surface area contributed by atoms with Crippen LogP contribution in [0.2, 0.25) is 0 Å². The zero-order valence-corrected chi connectivity index (χ0v) is 10.3. The predicted molar refractivity (Wildman–Crippen MR) is 64.5 cm³/mol. The van der Waals surface area contributed by atoms with Crippen LogP contribution in [0.4, 0.5) is 0 Å². The van der Waals surface area contributed by atoms with E-state index in [2.05, 4.69) is 25.4 Å². The van der Waals surface area contributed by atoms with Gasteiger partial charge in [-0.3, -0.25) is 0 Å². The minimum atomic E-state index is 0.517. The molecule has 94 valence electrons. The van der Waals surface area contributed by atoms with Crippen molar-refractivity contribution in [3.8, 4) is 11.5 Å². The third-order valence-electron chi connectivity index (χ3n) is 2.88. The fourth-order valence-electron chi connectivity index (χ4n) is 1.72. The molecule has 3 rings (SSSR count). The third kappa shape index (κ3) is 2.70. The molecule has 1 fully saturated rings. The van der Waals surface area contributed by atoms with E-state index in [1.807, 2.05) is 6.92 Å². The molecule has 2 heterocycles. The van der Waals surface area contributed by atoms with E-state index in [9.17, 15) is 0 Å². The van der Waals surface area contributed by atoms with Gasteiger partial charge < -0.3 is 9.84 Å². The summed E-state index contributed by atoms with van der Waals surface area (Å²) in [4.78, 5) is 12.6. The number of aryl methyl sites for hydroxylation is 1. The minimum absolute atomic E-state index is 0.517. The van der Waals surface area contributed by atoms with Gasteiger partial charge in [0.15, 0.2) is 0 Å². The number of aromatic nitrogens is 4. The zero-order chi connectivity index (χ0) is 12.4. The highest BCUT2D eigenvalue weighted by molar-refractivity contribution is 5.46. The Bertz CT molecular complexity index is 535. The molecule has 2 aromatic rings. The molecule has 0 radical (unpaired) electrons. The molecular formula is C12H15N5O. The first-order valence-corrected chi connectivity index (χ1v) is 6.14. The summed E-state index contributed by atoms with van der Waals surface area (Å²) < 4.78 is 5.18. The highest BCUT2D eigenvalue weighted by Crippen LogP contribution is 2.27. The number of nitrogens with zero attached hydrogens (tertiary/aromatic N) is 4. The quantitative estimate of drug-likeness (QED) is 0.856. The molecule has 0 atom stereocenters. The van der Waals surface area contributed by atoms with Crippen molar-refractivity contribution in [2.24, 2.45) is 5.92 Å². The smallest absolute Gasteiger partial charge is 0.240 e. The molecule has 0 aliphatic heterocycles. The SMILES string of the molecule is Cc1nccc(-c2noc(CNCC3CC3)n2)n1. The number of nitrogens with one attached hydrogen (secondary N) is 1. The Labute approximate surface area is 105 Å². The summed E-state index contributed by atoms with van der Waals surface area (Å²) in [6.45, 7) is 3.49. The topological polar surface area (TPSA) is 76.7 Å². The maximum absolute atomic E-state index is 5.18. The van der Waals surface area contributed by atoms with Crippen molar-refractivity contribution < 1.29 is 4.52 Å². The summed E-state index contributed by atoms with van der Waals surface area (Å²) >= 11 is 0. The highest BCUT2D eigenvalue weighted by Gasteiger charge is 2.20. The number of hydrogen-bond donors (Lipinski definition) is 1. The predicted octanol–water partition coefficient (Wildman–Crippen LogP) is 1.33. The number of rotatable bonds is 5. The van der Waals surface area contributed by atoms with E-state index in [0.717, 1.165) is 12.5 Å². The second-order valence-corrected chi connectivity index (χ2v) is 4.58. The molecule has 1 aliphatic carbocycles. The Morgan fingerprint density at radius 1 is 1.39 bits per heavy atom. The van der Waals surface area contributed by atoms with Crippen molar-refractivity contribution in [2.75, 3.05) is 6.54 Å². The van der Waals surface area contributed by atoms with Crippen LogP contribution in [0.1, 0.15) is 24.6 Å². The van der Waals surface area contributed by atoms with Crippen LogP contribution in [0.5, 0.6) is 0 Å². The van der Waals surface area contributed by atoms with Crippen LogP contribution in [0, 0.1) is 12.8 Å². The normalized spacial score (nSPS) is 14.9. The van der Waals surface area contributed by atoms with Crippen LogP contribution in [-0.4, -0.2) is 26.7 Å². The zero-order valence-electron chi connectivity index (χ0n) is 10.3. The minimum Gasteiger partial charge on any atom is -0.337 e. The van der Waals surface area contributed by atoms with Crippen LogP contribution in [-0.2, 0) is 6.54 Å². The molecule has 1 aliphatic rings. The Balaban J connectivity index is 1.64. The molecule has 6 nitrogen and oxygen atoms in total. The summed E-state index contributed by atoms with van der Waals surface area (Å²) in [7, 11) is 0. The Kier molecular flexibility index (Phi) is 3.02. The molecule has 0 spiro atoms. The van der Waals surface area contributed by atoms with Crippen molar-refractivity contribution >= 4 is 0 Å². The maximum atomic E-state index is 5.18. The highest BCUT2D eigenvalue weighted by atomic mass is 16.5. The van der Waals surface area contributed by atoms with Crippen LogP contribution in [0.3, 0.4) is 0 Å². The van der Waals surface area contributed by atoms with Gasteiger partial charge in [-0.1, -0.05) is 5.16 Å². The lowest BCUT2D eigenvalue weighted by molar-refractivity contribution is 0.367. The first-order valence-electron chi connectivity index (χ1n) is 6.14. The first kappa shape index (κ1) is 11.3. The second-order valence-electron chi connectivity index (χ2n) is 4.58. The van der Waals surface area contributed by atoms with E-state index in [-0.39, 0.29) is 0 Å². The van der Waals surface area contributed by atoms with E-state index >= 15 is 0 Å². The van der Waals surface area contributed by atoms with E-state index in [0.29, 0.717) is 29.8 Å². The Morgan fingerprint density at radius 2 is 2.28 bits per heavy atom. The summed E-state index contributed by atoms with van der Waals surface area (Å²) in [6.07, 6.45) is 4.36. The maximum Gasteiger partial charge on any atom is 0.240 e. The van der Waals surface area contributed by atoms with Crippen LogP contribution < -0.4 is 5.32 Å². The fraction of sp³-hybridized carbons (Fsp3) is 0.500. The lowest BCUT2D eigenvalue weighted by Gasteiger charge is -1.97. The van der Waals surface area contributed by atoms with E-state index in [1.54, 1.807) is 12.3 Å². The average Bonchev–Trinajstić information content (AvgIpc) is 3.06. The molecule has 1 N–H and O–H groups in total. The molecule has 0 saturated heterocycles. The van der Waals surface area contributed by atoms with Gasteiger partial charge in [0.05, 0.1) is 6.54 Å². The number of hydrogen-bond acceptors (Lipinski definition) is 6. The van der Waals surface area contributed by atoms with Gasteiger partial charge in [0.2, 0.25) is 11.7 Å². The molecular weight excluding hydrogens is 230 g/mol. The largest absolute Gasteiger partial charge is 0.337 e. The molecule has 1 saturated carbocycles. The van der Waals surface area contributed by atoms with E-state index in [4.69, 9.17) is 4.52 Å². The average molecular weight is 245 g/mol. The van der Waals surface area contributed by atoms with Gasteiger partial charge in [0.1, 0.15) is 11.5 Å². The summed E-state index contributed by atoms with van der Waals surface area (Å²) in [6, 6.07) is 1.78. The summed E-state index contributed by atoms with van der Waals surface area (Å²) in [5.74, 6) is 2.66. The van der Waals surface area contributed by atoms with Crippen molar-refractivity contribution in [2.45, 2.75) is 26.3 Å². The van der Waals surface area contributed by atoms with E-state index < -0.39 is 0 Å². The Morgan fingerprint density at radius 3 is 3.06 bits per heavy atom. The second kappa shape index (κ2) is 4.81.